The number of para-hydroxylation sites is 1. The first-order valence-electron chi connectivity index (χ1n) is 5.62. The summed E-state index contributed by atoms with van der Waals surface area (Å²) in [5.41, 5.74) is 0.359. The molecule has 92 valence electrons. The highest BCUT2D eigenvalue weighted by Crippen LogP contribution is 2.51. The minimum atomic E-state index is -4.30. The Morgan fingerprint density at radius 3 is 2.59 bits per heavy atom. The van der Waals surface area contributed by atoms with Gasteiger partial charge in [0.05, 0.1) is 22.5 Å². The number of benzene rings is 1. The number of nitrogens with zero attached hydrogens (tertiary/aromatic N) is 1. The molecule has 1 heterocycles. The summed E-state index contributed by atoms with van der Waals surface area (Å²) in [6, 6.07) is 4.35. The van der Waals surface area contributed by atoms with Crippen LogP contribution >= 0.6 is 0 Å². The van der Waals surface area contributed by atoms with Gasteiger partial charge in [-0.1, -0.05) is 6.07 Å². The molecule has 3 rings (SSSR count). The van der Waals surface area contributed by atoms with Gasteiger partial charge in [-0.25, -0.2) is 0 Å². The van der Waals surface area contributed by atoms with Crippen LogP contribution in [0.4, 0.5) is 24.5 Å². The van der Waals surface area contributed by atoms with Crippen molar-refractivity contribution in [3.63, 3.8) is 0 Å². The number of alkyl halides is 3. The number of fused-ring (bicyclic) bond motifs is 1. The lowest BCUT2D eigenvalue weighted by Gasteiger charge is -2.38. The van der Waals surface area contributed by atoms with Crippen LogP contribution in [0.5, 0.6) is 0 Å². The zero-order valence-corrected chi connectivity index (χ0v) is 9.43. The average molecular weight is 242 g/mol. The Morgan fingerprint density at radius 1 is 1.29 bits per heavy atom. The van der Waals surface area contributed by atoms with Crippen LogP contribution in [0.15, 0.2) is 18.2 Å². The largest absolute Gasteiger partial charge is 0.418 e. The smallest absolute Gasteiger partial charge is 0.381 e. The molecule has 0 atom stereocenters. The molecular weight excluding hydrogens is 229 g/mol. The van der Waals surface area contributed by atoms with Gasteiger partial charge in [-0.2, -0.15) is 13.2 Å². The van der Waals surface area contributed by atoms with E-state index in [1.807, 2.05) is 11.9 Å². The fourth-order valence-electron chi connectivity index (χ4n) is 2.53. The number of hydrogen-bond acceptors (Lipinski definition) is 2. The molecule has 1 aromatic rings. The maximum Gasteiger partial charge on any atom is 0.418 e. The van der Waals surface area contributed by atoms with Crippen LogP contribution < -0.4 is 10.2 Å². The van der Waals surface area contributed by atoms with Crippen LogP contribution in [-0.4, -0.2) is 19.1 Å². The van der Waals surface area contributed by atoms with Gasteiger partial charge >= 0.3 is 6.18 Å². The van der Waals surface area contributed by atoms with Crippen molar-refractivity contribution in [3.8, 4) is 0 Å². The maximum atomic E-state index is 12.9. The Kier molecular flexibility index (Phi) is 1.95. The molecule has 2 nitrogen and oxygen atoms in total. The van der Waals surface area contributed by atoms with Gasteiger partial charge < -0.3 is 10.2 Å². The quantitative estimate of drug-likeness (QED) is 0.752. The van der Waals surface area contributed by atoms with Crippen LogP contribution in [0.3, 0.4) is 0 Å². The summed E-state index contributed by atoms with van der Waals surface area (Å²) in [6.07, 6.45) is -2.20. The third-order valence-electron chi connectivity index (χ3n) is 3.84. The van der Waals surface area contributed by atoms with Crippen LogP contribution in [0, 0.1) is 0 Å². The molecule has 1 aliphatic heterocycles. The molecule has 1 N–H and O–H groups in total. The van der Waals surface area contributed by atoms with E-state index in [0.717, 1.165) is 18.9 Å². The summed E-state index contributed by atoms with van der Waals surface area (Å²) in [4.78, 5) is 1.99. The molecule has 5 heteroatoms. The molecule has 1 aliphatic carbocycles. The van der Waals surface area contributed by atoms with E-state index in [4.69, 9.17) is 0 Å². The van der Waals surface area contributed by atoms with Crippen molar-refractivity contribution in [2.45, 2.75) is 24.6 Å². The molecule has 0 radical (unpaired) electrons. The van der Waals surface area contributed by atoms with Crippen molar-refractivity contribution in [1.82, 2.24) is 0 Å². The summed E-state index contributed by atoms with van der Waals surface area (Å²) in [5.74, 6) is 0. The summed E-state index contributed by atoms with van der Waals surface area (Å²) in [7, 11) is 1.88. The van der Waals surface area contributed by atoms with E-state index in [-0.39, 0.29) is 11.2 Å². The number of anilines is 2. The Balaban J connectivity index is 2.10. The van der Waals surface area contributed by atoms with E-state index in [1.54, 1.807) is 6.07 Å². The first kappa shape index (κ1) is 10.7. The van der Waals surface area contributed by atoms with E-state index in [0.29, 0.717) is 12.2 Å². The van der Waals surface area contributed by atoms with Crippen molar-refractivity contribution in [1.29, 1.82) is 0 Å². The van der Waals surface area contributed by atoms with Crippen molar-refractivity contribution in [2.75, 3.05) is 23.8 Å². The van der Waals surface area contributed by atoms with Gasteiger partial charge in [0, 0.05) is 13.6 Å². The normalized spacial score (nSPS) is 21.1. The maximum absolute atomic E-state index is 12.9. The summed E-state index contributed by atoms with van der Waals surface area (Å²) in [5, 5.41) is 2.96. The molecule has 0 saturated heterocycles. The molecule has 17 heavy (non-hydrogen) atoms. The van der Waals surface area contributed by atoms with Gasteiger partial charge in [0.15, 0.2) is 0 Å². The van der Waals surface area contributed by atoms with E-state index in [2.05, 4.69) is 5.32 Å². The lowest BCUT2D eigenvalue weighted by molar-refractivity contribution is -0.137. The monoisotopic (exact) mass is 242 g/mol. The summed E-state index contributed by atoms with van der Waals surface area (Å²) >= 11 is 0. The first-order valence-corrected chi connectivity index (χ1v) is 5.62. The van der Waals surface area contributed by atoms with Crippen molar-refractivity contribution in [2.24, 2.45) is 0 Å². The predicted octanol–water partition coefficient (Wildman–Crippen LogP) is 3.10. The van der Waals surface area contributed by atoms with Crippen molar-refractivity contribution in [3.05, 3.63) is 23.8 Å². The SMILES string of the molecule is CN1c2cccc(C(F)(F)F)c2NCC12CC2. The topological polar surface area (TPSA) is 15.3 Å². The van der Waals surface area contributed by atoms with Gasteiger partial charge in [0.25, 0.3) is 0 Å². The molecule has 1 spiro atoms. The van der Waals surface area contributed by atoms with Gasteiger partial charge in [0.2, 0.25) is 0 Å². The Hall–Kier alpha value is -1.39. The van der Waals surface area contributed by atoms with Crippen LogP contribution in [0.25, 0.3) is 0 Å². The molecule has 0 bridgehead atoms. The molecule has 1 aromatic carbocycles. The predicted molar refractivity (Wildman–Crippen MR) is 60.3 cm³/mol. The zero-order chi connectivity index (χ0) is 12.3. The number of likely N-dealkylation sites (N-methyl/N-ethyl adjacent to an activating group) is 1. The third-order valence-corrected chi connectivity index (χ3v) is 3.84. The second-order valence-electron chi connectivity index (χ2n) is 4.83. The number of rotatable bonds is 0. The lowest BCUT2D eigenvalue weighted by atomic mass is 10.0. The van der Waals surface area contributed by atoms with Crippen LogP contribution in [0.2, 0.25) is 0 Å². The van der Waals surface area contributed by atoms with Gasteiger partial charge in [-0.3, -0.25) is 0 Å². The molecule has 0 amide bonds. The fourth-order valence-corrected chi connectivity index (χ4v) is 2.53. The second-order valence-corrected chi connectivity index (χ2v) is 4.83. The molecular formula is C12H13F3N2. The van der Waals surface area contributed by atoms with E-state index in [9.17, 15) is 13.2 Å². The molecule has 2 aliphatic rings. The molecule has 0 unspecified atom stereocenters. The van der Waals surface area contributed by atoms with Crippen LogP contribution in [-0.2, 0) is 6.18 Å². The van der Waals surface area contributed by atoms with E-state index >= 15 is 0 Å². The minimum absolute atomic E-state index is 0.0528. The minimum Gasteiger partial charge on any atom is -0.381 e. The van der Waals surface area contributed by atoms with E-state index < -0.39 is 11.7 Å². The Bertz CT molecular complexity index is 463. The summed E-state index contributed by atoms with van der Waals surface area (Å²) in [6.45, 7) is 0.601. The average Bonchev–Trinajstić information content (AvgIpc) is 3.03. The fraction of sp³-hybridized carbons (Fsp3) is 0.500. The van der Waals surface area contributed by atoms with Gasteiger partial charge in [-0.05, 0) is 25.0 Å². The van der Waals surface area contributed by atoms with Gasteiger partial charge in [-0.15, -0.1) is 0 Å². The van der Waals surface area contributed by atoms with Gasteiger partial charge in [0.1, 0.15) is 0 Å². The van der Waals surface area contributed by atoms with E-state index in [1.165, 1.54) is 6.07 Å². The van der Waals surface area contributed by atoms with Crippen LogP contribution in [0.1, 0.15) is 18.4 Å². The number of nitrogens with one attached hydrogen (secondary N) is 1. The molecule has 1 fully saturated rings. The Labute approximate surface area is 97.4 Å². The highest BCUT2D eigenvalue weighted by atomic mass is 19.4. The standard InChI is InChI=1S/C12H13F3N2/c1-17-9-4-2-3-8(12(13,14)15)10(9)16-7-11(17)5-6-11/h2-4,16H,5-7H2,1H3. The van der Waals surface area contributed by atoms with Crippen molar-refractivity contribution < 1.29 is 13.2 Å². The number of hydrogen-bond donors (Lipinski definition) is 1. The highest BCUT2D eigenvalue weighted by Gasteiger charge is 2.50. The second kappa shape index (κ2) is 3.09. The van der Waals surface area contributed by atoms with Crippen molar-refractivity contribution >= 4 is 11.4 Å². The molecule has 1 saturated carbocycles. The Morgan fingerprint density at radius 2 is 2.00 bits per heavy atom. The third kappa shape index (κ3) is 1.48. The highest BCUT2D eigenvalue weighted by molar-refractivity contribution is 5.78. The lowest BCUT2D eigenvalue weighted by Crippen LogP contribution is -2.44. The first-order chi connectivity index (χ1) is 7.94. The molecule has 0 aromatic heterocycles. The number of halogens is 3. The summed E-state index contributed by atoms with van der Waals surface area (Å²) < 4.78 is 38.6. The zero-order valence-electron chi connectivity index (χ0n) is 9.43.